The number of ketones is 2. The summed E-state index contributed by atoms with van der Waals surface area (Å²) >= 11 is 0. The van der Waals surface area contributed by atoms with Gasteiger partial charge >= 0.3 is 0 Å². The Labute approximate surface area is 162 Å². The molecule has 3 heterocycles. The van der Waals surface area contributed by atoms with Crippen LogP contribution in [0.15, 0.2) is 24.3 Å². The van der Waals surface area contributed by atoms with Gasteiger partial charge in [0.05, 0.1) is 11.1 Å². The molecular formula is C20H22N6O2. The maximum Gasteiger partial charge on any atom is 0.198 e. The van der Waals surface area contributed by atoms with Gasteiger partial charge in [0.15, 0.2) is 23.2 Å². The van der Waals surface area contributed by atoms with E-state index in [4.69, 9.17) is 0 Å². The molecule has 1 aromatic carbocycles. The van der Waals surface area contributed by atoms with E-state index in [1.807, 2.05) is 0 Å². The molecule has 28 heavy (non-hydrogen) atoms. The first kappa shape index (κ1) is 17.3. The second kappa shape index (κ2) is 6.96. The molecule has 8 nitrogen and oxygen atoms in total. The Morgan fingerprint density at radius 2 is 1.18 bits per heavy atom. The molecule has 2 N–H and O–H groups in total. The number of fused-ring (bicyclic) bond motifs is 2. The Morgan fingerprint density at radius 1 is 0.750 bits per heavy atom. The number of carbonyl (C=O) groups is 2. The van der Waals surface area contributed by atoms with E-state index in [2.05, 4.69) is 30.6 Å². The monoisotopic (exact) mass is 378 g/mol. The Bertz CT molecular complexity index is 876. The van der Waals surface area contributed by atoms with Crippen molar-refractivity contribution in [3.63, 3.8) is 0 Å². The van der Waals surface area contributed by atoms with Gasteiger partial charge in [-0.3, -0.25) is 19.4 Å². The average molecular weight is 378 g/mol. The van der Waals surface area contributed by atoms with Gasteiger partial charge < -0.3 is 10.6 Å². The number of benzene rings is 1. The van der Waals surface area contributed by atoms with Crippen molar-refractivity contribution < 1.29 is 9.59 Å². The smallest absolute Gasteiger partial charge is 0.198 e. The van der Waals surface area contributed by atoms with E-state index >= 15 is 0 Å². The van der Waals surface area contributed by atoms with Crippen LogP contribution in [0.3, 0.4) is 0 Å². The van der Waals surface area contributed by atoms with Crippen LogP contribution >= 0.6 is 0 Å². The summed E-state index contributed by atoms with van der Waals surface area (Å²) in [5.41, 5.74) is 1.52. The highest BCUT2D eigenvalue weighted by Crippen LogP contribution is 2.34. The number of hydrogen-bond donors (Lipinski definition) is 2. The fraction of sp³-hybridized carbons (Fsp3) is 0.400. The number of aromatic nitrogens is 2. The van der Waals surface area contributed by atoms with Crippen molar-refractivity contribution in [3.05, 3.63) is 46.5 Å². The minimum absolute atomic E-state index is 0.177. The molecule has 0 radical (unpaired) electrons. The zero-order chi connectivity index (χ0) is 19.1. The Morgan fingerprint density at radius 3 is 1.57 bits per heavy atom. The summed E-state index contributed by atoms with van der Waals surface area (Å²) in [6.45, 7) is 7.51. The molecule has 0 spiro atoms. The van der Waals surface area contributed by atoms with Crippen LogP contribution in [0, 0.1) is 0 Å². The average Bonchev–Trinajstić information content (AvgIpc) is 3.62. The van der Waals surface area contributed by atoms with Crippen molar-refractivity contribution >= 4 is 23.2 Å². The van der Waals surface area contributed by atoms with Gasteiger partial charge in [-0.05, 0) is 0 Å². The Hall–Kier alpha value is -2.84. The molecule has 2 aromatic rings. The summed E-state index contributed by atoms with van der Waals surface area (Å²) in [4.78, 5) is 31.0. The molecule has 2 saturated heterocycles. The molecule has 1 aliphatic carbocycles. The maximum absolute atomic E-state index is 13.2. The van der Waals surface area contributed by atoms with Gasteiger partial charge in [0, 0.05) is 63.5 Å². The maximum atomic E-state index is 13.2. The molecule has 144 valence electrons. The molecule has 0 bridgehead atoms. The minimum atomic E-state index is -0.177. The molecule has 8 heteroatoms. The normalized spacial score (nSPS) is 17.9. The van der Waals surface area contributed by atoms with E-state index in [0.717, 1.165) is 39.3 Å². The first-order chi connectivity index (χ1) is 13.7. The predicted octanol–water partition coefficient (Wildman–Crippen LogP) is 0.707. The largest absolute Gasteiger partial charge is 0.367 e. The van der Waals surface area contributed by atoms with Gasteiger partial charge in [-0.1, -0.05) is 24.3 Å². The van der Waals surface area contributed by atoms with Gasteiger partial charge in [-0.25, -0.2) is 0 Å². The third-order valence-corrected chi connectivity index (χ3v) is 5.36. The van der Waals surface area contributed by atoms with Gasteiger partial charge in [-0.15, -0.1) is 10.2 Å². The van der Waals surface area contributed by atoms with E-state index in [-0.39, 0.29) is 11.6 Å². The van der Waals surface area contributed by atoms with Crippen LogP contribution in [-0.2, 0) is 0 Å². The Kier molecular flexibility index (Phi) is 4.29. The molecule has 0 atom stereocenters. The second-order valence-corrected chi connectivity index (χ2v) is 7.39. The molecule has 0 amide bonds. The lowest BCUT2D eigenvalue weighted by Gasteiger charge is -2.22. The number of anilines is 2. The van der Waals surface area contributed by atoms with Crippen molar-refractivity contribution in [3.8, 4) is 0 Å². The highest BCUT2D eigenvalue weighted by molar-refractivity contribution is 6.31. The molecule has 2 aliphatic heterocycles. The molecule has 3 aliphatic rings. The lowest BCUT2D eigenvalue weighted by molar-refractivity contribution is 0.0979. The minimum Gasteiger partial charge on any atom is -0.367 e. The molecule has 0 saturated carbocycles. The van der Waals surface area contributed by atoms with Crippen molar-refractivity contribution in [1.82, 2.24) is 20.0 Å². The number of rotatable bonds is 8. The van der Waals surface area contributed by atoms with Gasteiger partial charge in [0.25, 0.3) is 0 Å². The summed E-state index contributed by atoms with van der Waals surface area (Å²) in [5, 5.41) is 14.9. The van der Waals surface area contributed by atoms with Gasteiger partial charge in [-0.2, -0.15) is 0 Å². The number of carbonyl (C=O) groups excluding carboxylic acids is 2. The summed E-state index contributed by atoms with van der Waals surface area (Å²) < 4.78 is 0. The van der Waals surface area contributed by atoms with E-state index in [1.54, 1.807) is 24.3 Å². The van der Waals surface area contributed by atoms with E-state index in [1.165, 1.54) is 0 Å². The van der Waals surface area contributed by atoms with Crippen molar-refractivity contribution in [2.45, 2.75) is 0 Å². The highest BCUT2D eigenvalue weighted by atomic mass is 16.1. The lowest BCUT2D eigenvalue weighted by atomic mass is 9.84. The van der Waals surface area contributed by atoms with Crippen LogP contribution in [0.1, 0.15) is 31.8 Å². The van der Waals surface area contributed by atoms with E-state index in [0.29, 0.717) is 47.0 Å². The third-order valence-electron chi connectivity index (χ3n) is 5.36. The summed E-state index contributed by atoms with van der Waals surface area (Å²) in [6, 6.07) is 6.96. The van der Waals surface area contributed by atoms with Crippen molar-refractivity contribution in [1.29, 1.82) is 0 Å². The van der Waals surface area contributed by atoms with Crippen LogP contribution in [-0.4, -0.2) is 83.9 Å². The fourth-order valence-corrected chi connectivity index (χ4v) is 3.53. The number of nitrogens with zero attached hydrogens (tertiary/aromatic N) is 4. The first-order valence-corrected chi connectivity index (χ1v) is 9.74. The van der Waals surface area contributed by atoms with Crippen LogP contribution < -0.4 is 10.6 Å². The summed E-state index contributed by atoms with van der Waals surface area (Å²) in [7, 11) is 0. The zero-order valence-electron chi connectivity index (χ0n) is 15.6. The van der Waals surface area contributed by atoms with Crippen molar-refractivity contribution in [2.75, 3.05) is 63.0 Å². The first-order valence-electron chi connectivity index (χ1n) is 9.74. The summed E-state index contributed by atoms with van der Waals surface area (Å²) in [6.07, 6.45) is 0. The van der Waals surface area contributed by atoms with Crippen molar-refractivity contribution in [2.24, 2.45) is 0 Å². The van der Waals surface area contributed by atoms with Crippen LogP contribution in [0.4, 0.5) is 11.6 Å². The van der Waals surface area contributed by atoms with Crippen LogP contribution in [0.2, 0.25) is 0 Å². The Balaban J connectivity index is 1.49. The van der Waals surface area contributed by atoms with Crippen LogP contribution in [0.25, 0.3) is 0 Å². The SMILES string of the molecule is O=C1c2ccccc2C(=O)c2c(NCCN3CC3)nnc(NCCN3CC3)c21. The molecule has 5 rings (SSSR count). The quantitative estimate of drug-likeness (QED) is 0.554. The molecule has 1 aromatic heterocycles. The van der Waals surface area contributed by atoms with E-state index in [9.17, 15) is 9.59 Å². The molecule has 2 fully saturated rings. The molecule has 0 unspecified atom stereocenters. The molecular weight excluding hydrogens is 356 g/mol. The standard InChI is InChI=1S/C20H22N6O2/c27-17-13-3-1-2-4-14(13)18(28)16-15(17)19(21-5-7-25-9-10-25)23-24-20(16)22-6-8-26-11-12-26/h1-4H,5-12H2,(H,21,23)(H,22,24). The fourth-order valence-electron chi connectivity index (χ4n) is 3.53. The van der Waals surface area contributed by atoms with Crippen LogP contribution in [0.5, 0.6) is 0 Å². The zero-order valence-corrected chi connectivity index (χ0v) is 15.6. The third kappa shape index (κ3) is 3.25. The highest BCUT2D eigenvalue weighted by Gasteiger charge is 2.35. The second-order valence-electron chi connectivity index (χ2n) is 7.39. The number of hydrogen-bond acceptors (Lipinski definition) is 8. The van der Waals surface area contributed by atoms with Gasteiger partial charge in [0.1, 0.15) is 0 Å². The van der Waals surface area contributed by atoms with E-state index < -0.39 is 0 Å². The number of nitrogens with one attached hydrogen (secondary N) is 2. The van der Waals surface area contributed by atoms with Gasteiger partial charge in [0.2, 0.25) is 0 Å². The predicted molar refractivity (Wildman–Crippen MR) is 105 cm³/mol. The lowest BCUT2D eigenvalue weighted by Crippen LogP contribution is -2.27. The topological polar surface area (TPSA) is 90.0 Å². The summed E-state index contributed by atoms with van der Waals surface area (Å²) in [5.74, 6) is 0.425.